The Labute approximate surface area is 266 Å². The van der Waals surface area contributed by atoms with Gasteiger partial charge in [-0.15, -0.1) is 0 Å². The number of ether oxygens (including phenoxy) is 2. The molecule has 15 heteroatoms. The number of sulfonamides is 1. The number of rotatable bonds is 9. The summed E-state index contributed by atoms with van der Waals surface area (Å²) < 4.78 is 41.6. The van der Waals surface area contributed by atoms with Crippen LogP contribution < -0.4 is 20.1 Å². The highest BCUT2D eigenvalue weighted by Crippen LogP contribution is 2.31. The highest BCUT2D eigenvalue weighted by molar-refractivity contribution is 7.89. The fourth-order valence-corrected chi connectivity index (χ4v) is 7.03. The van der Waals surface area contributed by atoms with Crippen LogP contribution in [-0.2, 0) is 21.2 Å². The molecule has 0 aliphatic carbocycles. The van der Waals surface area contributed by atoms with Gasteiger partial charge in [-0.05, 0) is 43.2 Å². The van der Waals surface area contributed by atoms with Gasteiger partial charge >= 0.3 is 6.03 Å². The van der Waals surface area contributed by atoms with Gasteiger partial charge in [-0.25, -0.2) is 27.5 Å². The lowest BCUT2D eigenvalue weighted by Gasteiger charge is -2.41. The molecule has 1 fully saturated rings. The molecule has 46 heavy (non-hydrogen) atoms. The van der Waals surface area contributed by atoms with E-state index in [0.717, 1.165) is 15.6 Å². The number of hydrogen-bond acceptors (Lipinski definition) is 10. The van der Waals surface area contributed by atoms with Crippen LogP contribution in [-0.4, -0.2) is 94.5 Å². The average Bonchev–Trinajstić information content (AvgIpc) is 3.60. The summed E-state index contributed by atoms with van der Waals surface area (Å²) in [5.41, 5.74) is 7.24. The van der Waals surface area contributed by atoms with Gasteiger partial charge in [0.05, 0.1) is 17.4 Å². The lowest BCUT2D eigenvalue weighted by Crippen LogP contribution is -2.58. The second kappa shape index (κ2) is 13.0. The number of benzene rings is 2. The smallest absolute Gasteiger partial charge is 0.315 e. The van der Waals surface area contributed by atoms with E-state index in [1.807, 2.05) is 24.0 Å². The number of imidazole rings is 1. The average molecular weight is 647 g/mol. The van der Waals surface area contributed by atoms with Gasteiger partial charge in [-0.3, -0.25) is 9.36 Å². The van der Waals surface area contributed by atoms with Crippen LogP contribution in [0.4, 0.5) is 10.6 Å². The summed E-state index contributed by atoms with van der Waals surface area (Å²) in [7, 11) is -4.23. The van der Waals surface area contributed by atoms with Crippen LogP contribution in [0.2, 0.25) is 0 Å². The van der Waals surface area contributed by atoms with E-state index in [2.05, 4.69) is 15.0 Å². The number of aromatic nitrogens is 4. The maximum absolute atomic E-state index is 14.0. The molecule has 1 saturated heterocycles. The predicted octanol–water partition coefficient (Wildman–Crippen LogP) is 2.16. The van der Waals surface area contributed by atoms with Gasteiger partial charge in [0, 0.05) is 50.3 Å². The highest BCUT2D eigenvalue weighted by atomic mass is 32.2. The monoisotopic (exact) mass is 646 g/mol. The number of primary amides is 1. The number of anilines is 1. The zero-order valence-corrected chi connectivity index (χ0v) is 26.0. The molecule has 0 spiro atoms. The minimum Gasteiger partial charge on any atom is -0.486 e. The summed E-state index contributed by atoms with van der Waals surface area (Å²) in [6.07, 6.45) is 4.92. The highest BCUT2D eigenvalue weighted by Gasteiger charge is 2.36. The quantitative estimate of drug-likeness (QED) is 0.285. The Hall–Kier alpha value is -5.18. The second-order valence-electron chi connectivity index (χ2n) is 11.0. The fraction of sp³-hybridized carbons (Fsp3) is 0.323. The summed E-state index contributed by atoms with van der Waals surface area (Å²) in [6.45, 7) is 3.42. The van der Waals surface area contributed by atoms with Crippen molar-refractivity contribution in [3.05, 3.63) is 84.6 Å². The van der Waals surface area contributed by atoms with E-state index in [9.17, 15) is 18.0 Å². The number of aryl methyl sites for hydroxylation is 1. The Morgan fingerprint density at radius 2 is 1.80 bits per heavy atom. The predicted molar refractivity (Wildman–Crippen MR) is 167 cm³/mol. The first kappa shape index (κ1) is 30.8. The Morgan fingerprint density at radius 1 is 1.02 bits per heavy atom. The lowest BCUT2D eigenvalue weighted by atomic mass is 10.1. The van der Waals surface area contributed by atoms with Crippen molar-refractivity contribution in [3.63, 3.8) is 0 Å². The van der Waals surface area contributed by atoms with E-state index in [1.165, 1.54) is 17.0 Å². The van der Waals surface area contributed by atoms with Crippen molar-refractivity contribution in [3.8, 4) is 17.4 Å². The summed E-state index contributed by atoms with van der Waals surface area (Å²) in [4.78, 5) is 43.1. The Morgan fingerprint density at radius 3 is 2.54 bits per heavy atom. The minimum absolute atomic E-state index is 0.00829. The van der Waals surface area contributed by atoms with Crippen LogP contribution >= 0.6 is 0 Å². The number of fused-ring (bicyclic) bond motifs is 1. The fourth-order valence-electron chi connectivity index (χ4n) is 5.60. The molecule has 1 atom stereocenters. The molecule has 2 aromatic carbocycles. The number of carbonyl (C=O) groups is 2. The first-order chi connectivity index (χ1) is 22.2. The third-order valence-corrected chi connectivity index (χ3v) is 9.72. The molecular weight excluding hydrogens is 612 g/mol. The second-order valence-corrected chi connectivity index (χ2v) is 12.8. The van der Waals surface area contributed by atoms with Crippen molar-refractivity contribution >= 4 is 27.8 Å². The molecule has 2 aromatic heterocycles. The largest absolute Gasteiger partial charge is 0.486 e. The molecule has 1 unspecified atom stereocenters. The van der Waals surface area contributed by atoms with Gasteiger partial charge < -0.3 is 25.0 Å². The molecule has 0 bridgehead atoms. The van der Waals surface area contributed by atoms with E-state index >= 15 is 0 Å². The molecule has 240 valence electrons. The van der Waals surface area contributed by atoms with Crippen LogP contribution in [0.25, 0.3) is 5.95 Å². The van der Waals surface area contributed by atoms with Gasteiger partial charge in [-0.2, -0.15) is 4.98 Å². The van der Waals surface area contributed by atoms with E-state index in [1.54, 1.807) is 53.6 Å². The number of hydrogen-bond donors (Lipinski definition) is 1. The maximum atomic E-state index is 14.0. The van der Waals surface area contributed by atoms with E-state index in [-0.39, 0.29) is 37.4 Å². The third-order valence-electron chi connectivity index (χ3n) is 7.88. The Bertz CT molecular complexity index is 1820. The molecule has 14 nitrogen and oxygen atoms in total. The zero-order chi connectivity index (χ0) is 32.3. The molecule has 0 saturated carbocycles. The van der Waals surface area contributed by atoms with Gasteiger partial charge in [0.15, 0.2) is 11.5 Å². The number of amides is 3. The molecule has 4 aromatic rings. The normalized spacial score (nSPS) is 16.2. The van der Waals surface area contributed by atoms with Gasteiger partial charge in [0.1, 0.15) is 25.4 Å². The molecular formula is C31H34N8O6S. The van der Waals surface area contributed by atoms with Crippen LogP contribution in [0.5, 0.6) is 11.5 Å². The third kappa shape index (κ3) is 6.59. The van der Waals surface area contributed by atoms with Crippen LogP contribution in [0.1, 0.15) is 17.7 Å². The summed E-state index contributed by atoms with van der Waals surface area (Å²) in [6, 6.07) is 13.6. The summed E-state index contributed by atoms with van der Waals surface area (Å²) >= 11 is 0. The number of carbonyl (C=O) groups excluding carboxylic acids is 2. The summed E-state index contributed by atoms with van der Waals surface area (Å²) in [5, 5.41) is 0. The zero-order valence-electron chi connectivity index (χ0n) is 25.2. The van der Waals surface area contributed by atoms with E-state index in [4.69, 9.17) is 15.2 Å². The number of nitrogens with zero attached hydrogens (tertiary/aromatic N) is 7. The number of urea groups is 1. The van der Waals surface area contributed by atoms with Crippen molar-refractivity contribution in [2.45, 2.75) is 30.7 Å². The van der Waals surface area contributed by atoms with Crippen LogP contribution in [0.15, 0.2) is 78.2 Å². The molecule has 3 amide bonds. The Balaban J connectivity index is 1.26. The molecule has 2 aliphatic heterocycles. The molecule has 0 radical (unpaired) electrons. The minimum atomic E-state index is -4.23. The first-order valence-electron chi connectivity index (χ1n) is 14.8. The SMILES string of the molecule is Cc1cc(N2CCN(C(N)=O)C(CC(=O)N(CCc3ccc4c(c3)OCCO4)S(=O)(=O)c3ccccc3)C2)nc(-n2ccnc2)n1. The van der Waals surface area contributed by atoms with Crippen molar-refractivity contribution < 1.29 is 27.5 Å². The molecule has 2 aliphatic rings. The van der Waals surface area contributed by atoms with Crippen molar-refractivity contribution in [1.82, 2.24) is 28.7 Å². The van der Waals surface area contributed by atoms with Gasteiger partial charge in [0.2, 0.25) is 11.9 Å². The maximum Gasteiger partial charge on any atom is 0.315 e. The van der Waals surface area contributed by atoms with Crippen molar-refractivity contribution in [1.29, 1.82) is 0 Å². The number of piperazine rings is 1. The van der Waals surface area contributed by atoms with Gasteiger partial charge in [-0.1, -0.05) is 24.3 Å². The molecule has 6 rings (SSSR count). The van der Waals surface area contributed by atoms with Gasteiger partial charge in [0.25, 0.3) is 10.0 Å². The van der Waals surface area contributed by atoms with E-state index < -0.39 is 28.0 Å². The molecule has 2 N–H and O–H groups in total. The first-order valence-corrected chi connectivity index (χ1v) is 16.3. The number of nitrogens with two attached hydrogens (primary N) is 1. The van der Waals surface area contributed by atoms with Crippen molar-refractivity contribution in [2.75, 3.05) is 44.3 Å². The summed E-state index contributed by atoms with van der Waals surface area (Å²) in [5.74, 6) is 1.56. The Kier molecular flexibility index (Phi) is 8.74. The molecule has 4 heterocycles. The van der Waals surface area contributed by atoms with Crippen LogP contribution in [0.3, 0.4) is 0 Å². The topological polar surface area (TPSA) is 166 Å². The standard InChI is InChI=1S/C31H34N8O6S/c1-22-17-28(35-31(34-22)37-12-10-33-21-37)36-13-14-38(30(32)41)24(20-36)19-29(40)39(46(42,43)25-5-3-2-4-6-25)11-9-23-7-8-26-27(18-23)45-16-15-44-26/h2-8,10,12,17-18,21,24H,9,11,13-16,19-20H2,1H3,(H2,32,41). The van der Waals surface area contributed by atoms with Crippen molar-refractivity contribution in [2.24, 2.45) is 5.73 Å². The van der Waals surface area contributed by atoms with Crippen LogP contribution in [0, 0.1) is 6.92 Å². The van der Waals surface area contributed by atoms with E-state index in [0.29, 0.717) is 43.0 Å². The lowest BCUT2D eigenvalue weighted by molar-refractivity contribution is -0.127.